The first kappa shape index (κ1) is 11.5. The highest BCUT2D eigenvalue weighted by Crippen LogP contribution is 2.26. The lowest BCUT2D eigenvalue weighted by molar-refractivity contribution is 0.788. The summed E-state index contributed by atoms with van der Waals surface area (Å²) in [6.45, 7) is 0. The normalized spacial score (nSPS) is 10.6. The Labute approximate surface area is 106 Å². The Bertz CT molecular complexity index is 497. The van der Waals surface area contributed by atoms with E-state index in [-0.39, 0.29) is 0 Å². The molecule has 16 heavy (non-hydrogen) atoms. The van der Waals surface area contributed by atoms with Crippen LogP contribution in [0.25, 0.3) is 0 Å². The Morgan fingerprint density at radius 2 is 2.31 bits per heavy atom. The summed E-state index contributed by atoms with van der Waals surface area (Å²) in [6, 6.07) is 5.83. The Kier molecular flexibility index (Phi) is 3.50. The maximum absolute atomic E-state index is 5.68. The van der Waals surface area contributed by atoms with Crippen molar-refractivity contribution in [1.29, 1.82) is 0 Å². The molecule has 6 heteroatoms. The predicted molar refractivity (Wildman–Crippen MR) is 69.1 cm³/mol. The Morgan fingerprint density at radius 1 is 1.50 bits per heavy atom. The smallest absolute Gasteiger partial charge is 0.191 e. The molecule has 2 N–H and O–H groups in total. The van der Waals surface area contributed by atoms with Crippen LogP contribution >= 0.6 is 27.7 Å². The van der Waals surface area contributed by atoms with Gasteiger partial charge in [0.15, 0.2) is 5.16 Å². The van der Waals surface area contributed by atoms with Gasteiger partial charge in [0.1, 0.15) is 6.33 Å². The number of anilines is 1. The number of thioether (sulfide) groups is 1. The molecular formula is C10H11BrN4S. The molecule has 0 bridgehead atoms. The number of nitrogens with zero attached hydrogens (tertiary/aromatic N) is 3. The fraction of sp³-hybridized carbons (Fsp3) is 0.200. The van der Waals surface area contributed by atoms with Crippen molar-refractivity contribution in [3.05, 3.63) is 34.6 Å². The summed E-state index contributed by atoms with van der Waals surface area (Å²) in [4.78, 5) is 0. The lowest BCUT2D eigenvalue weighted by Gasteiger charge is -2.04. The van der Waals surface area contributed by atoms with E-state index < -0.39 is 0 Å². The van der Waals surface area contributed by atoms with Crippen LogP contribution in [0, 0.1) is 0 Å². The van der Waals surface area contributed by atoms with Gasteiger partial charge in [0, 0.05) is 23.0 Å². The molecule has 0 saturated heterocycles. The summed E-state index contributed by atoms with van der Waals surface area (Å²) >= 11 is 5.14. The minimum atomic E-state index is 0.763. The van der Waals surface area contributed by atoms with E-state index in [1.54, 1.807) is 18.1 Å². The number of aromatic nitrogens is 3. The van der Waals surface area contributed by atoms with Crippen LogP contribution in [0.4, 0.5) is 5.69 Å². The van der Waals surface area contributed by atoms with Gasteiger partial charge >= 0.3 is 0 Å². The molecule has 0 unspecified atom stereocenters. The summed E-state index contributed by atoms with van der Waals surface area (Å²) in [5, 5.41) is 8.75. The summed E-state index contributed by atoms with van der Waals surface area (Å²) in [7, 11) is 1.93. The largest absolute Gasteiger partial charge is 0.399 e. The van der Waals surface area contributed by atoms with Crippen molar-refractivity contribution in [3.63, 3.8) is 0 Å². The molecule has 2 rings (SSSR count). The number of hydrogen-bond donors (Lipinski definition) is 1. The standard InChI is InChI=1S/C10H11BrN4S/c1-15-6-13-14-10(15)16-5-7-2-3-8(12)4-9(7)11/h2-4,6H,5,12H2,1H3. The predicted octanol–water partition coefficient (Wildman–Crippen LogP) is 2.45. The van der Waals surface area contributed by atoms with Gasteiger partial charge in [0.2, 0.25) is 0 Å². The second kappa shape index (κ2) is 4.88. The third-order valence-electron chi connectivity index (χ3n) is 2.10. The van der Waals surface area contributed by atoms with Crippen molar-refractivity contribution >= 4 is 33.4 Å². The molecule has 0 atom stereocenters. The van der Waals surface area contributed by atoms with Gasteiger partial charge in [-0.15, -0.1) is 10.2 Å². The third kappa shape index (κ3) is 2.56. The van der Waals surface area contributed by atoms with Crippen LogP contribution < -0.4 is 5.73 Å². The lowest BCUT2D eigenvalue weighted by Crippen LogP contribution is -1.91. The maximum atomic E-state index is 5.68. The first-order valence-corrected chi connectivity index (χ1v) is 6.45. The van der Waals surface area contributed by atoms with Crippen molar-refractivity contribution in [2.24, 2.45) is 7.05 Å². The Hall–Kier alpha value is -1.01. The molecule has 0 aliphatic heterocycles. The number of rotatable bonds is 3. The van der Waals surface area contributed by atoms with E-state index in [2.05, 4.69) is 26.1 Å². The van der Waals surface area contributed by atoms with E-state index in [1.165, 1.54) is 5.56 Å². The first-order valence-electron chi connectivity index (χ1n) is 4.67. The molecule has 0 spiro atoms. The van der Waals surface area contributed by atoms with Gasteiger partial charge in [-0.2, -0.15) is 0 Å². The van der Waals surface area contributed by atoms with E-state index >= 15 is 0 Å². The van der Waals surface area contributed by atoms with Crippen molar-refractivity contribution in [1.82, 2.24) is 14.8 Å². The van der Waals surface area contributed by atoms with E-state index in [0.717, 1.165) is 21.1 Å². The summed E-state index contributed by atoms with van der Waals surface area (Å²) in [5.41, 5.74) is 7.64. The minimum Gasteiger partial charge on any atom is -0.399 e. The molecule has 0 radical (unpaired) electrons. The quantitative estimate of drug-likeness (QED) is 0.698. The number of nitrogens with two attached hydrogens (primary N) is 1. The van der Waals surface area contributed by atoms with Gasteiger partial charge < -0.3 is 10.3 Å². The monoisotopic (exact) mass is 298 g/mol. The third-order valence-corrected chi connectivity index (χ3v) is 3.93. The molecule has 1 aromatic carbocycles. The molecule has 1 aromatic heterocycles. The van der Waals surface area contributed by atoms with Gasteiger partial charge in [0.25, 0.3) is 0 Å². The van der Waals surface area contributed by atoms with E-state index in [0.29, 0.717) is 0 Å². The zero-order valence-electron chi connectivity index (χ0n) is 8.72. The second-order valence-corrected chi connectivity index (χ2v) is 5.16. The Morgan fingerprint density at radius 3 is 2.94 bits per heavy atom. The average molecular weight is 299 g/mol. The topological polar surface area (TPSA) is 56.7 Å². The van der Waals surface area contributed by atoms with E-state index in [1.807, 2.05) is 29.8 Å². The fourth-order valence-electron chi connectivity index (χ4n) is 1.23. The number of aryl methyl sites for hydroxylation is 1. The molecule has 0 fully saturated rings. The van der Waals surface area contributed by atoms with Crippen LogP contribution in [0.3, 0.4) is 0 Å². The molecule has 1 heterocycles. The highest BCUT2D eigenvalue weighted by atomic mass is 79.9. The van der Waals surface area contributed by atoms with Gasteiger partial charge in [0.05, 0.1) is 0 Å². The Balaban J connectivity index is 2.08. The van der Waals surface area contributed by atoms with Crippen LogP contribution in [0.15, 0.2) is 34.2 Å². The number of nitrogen functional groups attached to an aromatic ring is 1. The van der Waals surface area contributed by atoms with E-state index in [4.69, 9.17) is 5.73 Å². The molecule has 4 nitrogen and oxygen atoms in total. The molecule has 0 amide bonds. The molecule has 2 aromatic rings. The first-order chi connectivity index (χ1) is 7.66. The van der Waals surface area contributed by atoms with Gasteiger partial charge in [-0.1, -0.05) is 33.8 Å². The summed E-state index contributed by atoms with van der Waals surface area (Å²) < 4.78 is 2.93. The average Bonchev–Trinajstić information content (AvgIpc) is 2.63. The molecule has 84 valence electrons. The van der Waals surface area contributed by atoms with Crippen LogP contribution in [0.5, 0.6) is 0 Å². The van der Waals surface area contributed by atoms with Gasteiger partial charge in [-0.05, 0) is 17.7 Å². The van der Waals surface area contributed by atoms with Crippen molar-refractivity contribution in [3.8, 4) is 0 Å². The number of benzene rings is 1. The summed E-state index contributed by atoms with van der Waals surface area (Å²) in [5.74, 6) is 0.841. The zero-order chi connectivity index (χ0) is 11.5. The lowest BCUT2D eigenvalue weighted by atomic mass is 10.2. The second-order valence-electron chi connectivity index (χ2n) is 3.36. The number of hydrogen-bond acceptors (Lipinski definition) is 4. The highest BCUT2D eigenvalue weighted by molar-refractivity contribution is 9.10. The van der Waals surface area contributed by atoms with E-state index in [9.17, 15) is 0 Å². The SMILES string of the molecule is Cn1cnnc1SCc1ccc(N)cc1Br. The fourth-order valence-corrected chi connectivity index (χ4v) is 2.84. The molecule has 0 aliphatic carbocycles. The van der Waals surface area contributed by atoms with Crippen molar-refractivity contribution in [2.75, 3.05) is 5.73 Å². The highest BCUT2D eigenvalue weighted by Gasteiger charge is 2.05. The van der Waals surface area contributed by atoms with Crippen molar-refractivity contribution in [2.45, 2.75) is 10.9 Å². The van der Waals surface area contributed by atoms with Crippen LogP contribution in [-0.4, -0.2) is 14.8 Å². The molecule has 0 aliphatic rings. The van der Waals surface area contributed by atoms with Gasteiger partial charge in [-0.25, -0.2) is 0 Å². The zero-order valence-corrected chi connectivity index (χ0v) is 11.1. The maximum Gasteiger partial charge on any atom is 0.191 e. The molecule has 0 saturated carbocycles. The van der Waals surface area contributed by atoms with Gasteiger partial charge in [-0.3, -0.25) is 0 Å². The molecular weight excluding hydrogens is 288 g/mol. The van der Waals surface area contributed by atoms with Crippen LogP contribution in [0.1, 0.15) is 5.56 Å². The van der Waals surface area contributed by atoms with Crippen LogP contribution in [0.2, 0.25) is 0 Å². The minimum absolute atomic E-state index is 0.763. The summed E-state index contributed by atoms with van der Waals surface area (Å²) in [6.07, 6.45) is 1.69. The van der Waals surface area contributed by atoms with Crippen LogP contribution in [-0.2, 0) is 12.8 Å². The van der Waals surface area contributed by atoms with Crippen molar-refractivity contribution < 1.29 is 0 Å². The number of halogens is 1.